The van der Waals surface area contributed by atoms with Gasteiger partial charge in [0.05, 0.1) is 18.2 Å². The van der Waals surface area contributed by atoms with Crippen LogP contribution in [-0.4, -0.2) is 49.4 Å². The SMILES string of the molecule is COc1ccccc1OCC(=O)NCCN1C(=O)c2ccc(Cl)cc2C1=O. The van der Waals surface area contributed by atoms with Gasteiger partial charge in [0.2, 0.25) is 0 Å². The molecule has 0 aliphatic carbocycles. The van der Waals surface area contributed by atoms with E-state index < -0.39 is 11.8 Å². The summed E-state index contributed by atoms with van der Waals surface area (Å²) < 4.78 is 10.6. The summed E-state index contributed by atoms with van der Waals surface area (Å²) in [6.45, 7) is -0.0320. The number of rotatable bonds is 7. The van der Waals surface area contributed by atoms with Crippen LogP contribution in [0.5, 0.6) is 11.5 Å². The number of hydrogen-bond donors (Lipinski definition) is 1. The quantitative estimate of drug-likeness (QED) is 0.734. The second-order valence-electron chi connectivity index (χ2n) is 5.74. The van der Waals surface area contributed by atoms with Crippen LogP contribution in [-0.2, 0) is 4.79 Å². The van der Waals surface area contributed by atoms with Crippen LogP contribution >= 0.6 is 11.6 Å². The van der Waals surface area contributed by atoms with Crippen molar-refractivity contribution in [1.29, 1.82) is 0 Å². The van der Waals surface area contributed by atoms with Crippen molar-refractivity contribution in [3.8, 4) is 11.5 Å². The molecule has 27 heavy (non-hydrogen) atoms. The molecule has 0 atom stereocenters. The molecule has 0 bridgehead atoms. The van der Waals surface area contributed by atoms with Crippen LogP contribution in [0.3, 0.4) is 0 Å². The largest absolute Gasteiger partial charge is 0.493 e. The minimum Gasteiger partial charge on any atom is -0.493 e. The number of benzene rings is 2. The topological polar surface area (TPSA) is 84.9 Å². The first kappa shape index (κ1) is 18.7. The van der Waals surface area contributed by atoms with Crippen molar-refractivity contribution in [1.82, 2.24) is 10.2 Å². The molecule has 0 unspecified atom stereocenters. The summed E-state index contributed by atoms with van der Waals surface area (Å²) in [6, 6.07) is 11.5. The molecule has 7 nitrogen and oxygen atoms in total. The van der Waals surface area contributed by atoms with E-state index in [1.54, 1.807) is 30.3 Å². The summed E-state index contributed by atoms with van der Waals surface area (Å²) in [6.07, 6.45) is 0. The van der Waals surface area contributed by atoms with E-state index >= 15 is 0 Å². The van der Waals surface area contributed by atoms with Crippen molar-refractivity contribution in [3.05, 3.63) is 58.6 Å². The maximum atomic E-state index is 12.3. The van der Waals surface area contributed by atoms with Crippen LogP contribution in [0, 0.1) is 0 Å². The van der Waals surface area contributed by atoms with Gasteiger partial charge in [-0.3, -0.25) is 19.3 Å². The lowest BCUT2D eigenvalue weighted by Crippen LogP contribution is -2.39. The smallest absolute Gasteiger partial charge is 0.261 e. The number of carbonyl (C=O) groups is 3. The molecule has 2 aromatic rings. The zero-order valence-electron chi connectivity index (χ0n) is 14.5. The van der Waals surface area contributed by atoms with Crippen molar-refractivity contribution in [2.45, 2.75) is 0 Å². The third-order valence-electron chi connectivity index (χ3n) is 4.02. The fraction of sp³-hybridized carbons (Fsp3) is 0.211. The molecule has 1 N–H and O–H groups in total. The zero-order chi connectivity index (χ0) is 19.4. The minimum atomic E-state index is -0.419. The number of nitrogens with zero attached hydrogens (tertiary/aromatic N) is 1. The summed E-state index contributed by atoms with van der Waals surface area (Å²) in [7, 11) is 1.51. The lowest BCUT2D eigenvalue weighted by atomic mass is 10.1. The van der Waals surface area contributed by atoms with Gasteiger partial charge in [-0.05, 0) is 30.3 Å². The maximum Gasteiger partial charge on any atom is 0.261 e. The van der Waals surface area contributed by atoms with Crippen LogP contribution in [0.25, 0.3) is 0 Å². The summed E-state index contributed by atoms with van der Waals surface area (Å²) in [5.74, 6) is -0.217. The molecule has 0 radical (unpaired) electrons. The zero-order valence-corrected chi connectivity index (χ0v) is 15.3. The van der Waals surface area contributed by atoms with Crippen LogP contribution in [0.4, 0.5) is 0 Å². The molecule has 2 aromatic carbocycles. The highest BCUT2D eigenvalue weighted by atomic mass is 35.5. The van der Waals surface area contributed by atoms with Gasteiger partial charge < -0.3 is 14.8 Å². The Kier molecular flexibility index (Phi) is 5.61. The van der Waals surface area contributed by atoms with E-state index in [1.807, 2.05) is 0 Å². The third kappa shape index (κ3) is 4.03. The Bertz CT molecular complexity index is 899. The van der Waals surface area contributed by atoms with Gasteiger partial charge in [0, 0.05) is 18.1 Å². The van der Waals surface area contributed by atoms with Gasteiger partial charge in [-0.1, -0.05) is 23.7 Å². The lowest BCUT2D eigenvalue weighted by Gasteiger charge is -2.14. The second-order valence-corrected chi connectivity index (χ2v) is 6.18. The number of amides is 3. The predicted octanol–water partition coefficient (Wildman–Crippen LogP) is 2.14. The average Bonchev–Trinajstić information content (AvgIpc) is 2.90. The Labute approximate surface area is 160 Å². The van der Waals surface area contributed by atoms with Crippen LogP contribution in [0.2, 0.25) is 5.02 Å². The van der Waals surface area contributed by atoms with Gasteiger partial charge in [-0.25, -0.2) is 0 Å². The summed E-state index contributed by atoms with van der Waals surface area (Å²) in [4.78, 5) is 37.6. The average molecular weight is 389 g/mol. The summed E-state index contributed by atoms with van der Waals surface area (Å²) in [5.41, 5.74) is 0.591. The fourth-order valence-electron chi connectivity index (χ4n) is 2.71. The maximum absolute atomic E-state index is 12.3. The molecule has 8 heteroatoms. The number of fused-ring (bicyclic) bond motifs is 1. The Hall–Kier alpha value is -3.06. The van der Waals surface area contributed by atoms with Gasteiger partial charge in [-0.2, -0.15) is 0 Å². The first-order valence-corrected chi connectivity index (χ1v) is 8.57. The van der Waals surface area contributed by atoms with Crippen molar-refractivity contribution >= 4 is 29.3 Å². The standard InChI is InChI=1S/C19H17ClN2O5/c1-26-15-4-2-3-5-16(15)27-11-17(23)21-8-9-22-18(24)13-7-6-12(20)10-14(13)19(22)25/h2-7,10H,8-9,11H2,1H3,(H,21,23). The van der Waals surface area contributed by atoms with Crippen molar-refractivity contribution < 1.29 is 23.9 Å². The van der Waals surface area contributed by atoms with E-state index in [2.05, 4.69) is 5.32 Å². The third-order valence-corrected chi connectivity index (χ3v) is 4.25. The molecule has 0 fully saturated rings. The lowest BCUT2D eigenvalue weighted by molar-refractivity contribution is -0.123. The Morgan fingerprint density at radius 3 is 2.52 bits per heavy atom. The molecule has 140 valence electrons. The summed E-state index contributed by atoms with van der Waals surface area (Å²) >= 11 is 5.88. The molecule has 0 aromatic heterocycles. The Balaban J connectivity index is 1.49. The first-order chi connectivity index (χ1) is 13.0. The van der Waals surface area contributed by atoms with Crippen LogP contribution < -0.4 is 14.8 Å². The number of nitrogens with one attached hydrogen (secondary N) is 1. The van der Waals surface area contributed by atoms with E-state index in [1.165, 1.54) is 19.2 Å². The highest BCUT2D eigenvalue weighted by Gasteiger charge is 2.35. The molecular formula is C19H17ClN2O5. The van der Waals surface area contributed by atoms with E-state index in [9.17, 15) is 14.4 Å². The monoisotopic (exact) mass is 388 g/mol. The fourth-order valence-corrected chi connectivity index (χ4v) is 2.88. The number of carbonyl (C=O) groups excluding carboxylic acids is 3. The van der Waals surface area contributed by atoms with Gasteiger partial charge in [0.1, 0.15) is 0 Å². The number of ether oxygens (including phenoxy) is 2. The number of imide groups is 1. The number of para-hydroxylation sites is 2. The number of halogens is 1. The second kappa shape index (κ2) is 8.09. The van der Waals surface area contributed by atoms with Gasteiger partial charge in [0.25, 0.3) is 17.7 Å². The highest BCUT2D eigenvalue weighted by Crippen LogP contribution is 2.26. The van der Waals surface area contributed by atoms with Crippen molar-refractivity contribution in [2.24, 2.45) is 0 Å². The van der Waals surface area contributed by atoms with E-state index in [0.717, 1.165) is 4.90 Å². The van der Waals surface area contributed by atoms with Gasteiger partial charge in [0.15, 0.2) is 18.1 Å². The number of hydrogen-bond acceptors (Lipinski definition) is 5. The van der Waals surface area contributed by atoms with E-state index in [4.69, 9.17) is 21.1 Å². The molecule has 3 rings (SSSR count). The molecule has 3 amide bonds. The molecule has 0 spiro atoms. The van der Waals surface area contributed by atoms with E-state index in [0.29, 0.717) is 22.1 Å². The van der Waals surface area contributed by atoms with Gasteiger partial charge in [-0.15, -0.1) is 0 Å². The molecule has 1 aliphatic heterocycles. The van der Waals surface area contributed by atoms with Gasteiger partial charge >= 0.3 is 0 Å². The van der Waals surface area contributed by atoms with Crippen molar-refractivity contribution in [2.75, 3.05) is 26.8 Å². The molecule has 0 saturated heterocycles. The van der Waals surface area contributed by atoms with E-state index in [-0.39, 0.29) is 31.2 Å². The number of methoxy groups -OCH3 is 1. The molecule has 1 heterocycles. The van der Waals surface area contributed by atoms with Crippen molar-refractivity contribution in [3.63, 3.8) is 0 Å². The van der Waals surface area contributed by atoms with Crippen LogP contribution in [0.15, 0.2) is 42.5 Å². The van der Waals surface area contributed by atoms with Crippen LogP contribution in [0.1, 0.15) is 20.7 Å². The molecule has 0 saturated carbocycles. The predicted molar refractivity (Wildman–Crippen MR) is 98.3 cm³/mol. The molecule has 1 aliphatic rings. The first-order valence-electron chi connectivity index (χ1n) is 8.19. The normalized spacial score (nSPS) is 12.7. The summed E-state index contributed by atoms with van der Waals surface area (Å²) in [5, 5.41) is 3.01. The Morgan fingerprint density at radius 2 is 1.78 bits per heavy atom. The molecular weight excluding hydrogens is 372 g/mol. The Morgan fingerprint density at radius 1 is 1.07 bits per heavy atom. The minimum absolute atomic E-state index is 0.0599. The highest BCUT2D eigenvalue weighted by molar-refractivity contribution is 6.32.